The van der Waals surface area contributed by atoms with Gasteiger partial charge in [0.05, 0.1) is 13.5 Å². The summed E-state index contributed by atoms with van der Waals surface area (Å²) >= 11 is 1.37. The van der Waals surface area contributed by atoms with Gasteiger partial charge in [-0.25, -0.2) is 4.39 Å². The normalized spacial score (nSPS) is 14.4. The topological polar surface area (TPSA) is 38.3 Å². The van der Waals surface area contributed by atoms with Gasteiger partial charge in [0.15, 0.2) is 0 Å². The zero-order valence-corrected chi connectivity index (χ0v) is 11.8. The van der Waals surface area contributed by atoms with Crippen LogP contribution in [0.5, 0.6) is 0 Å². The minimum atomic E-state index is -0.263. The maximum Gasteiger partial charge on any atom is 0.306 e. The summed E-state index contributed by atoms with van der Waals surface area (Å²) in [6.07, 6.45) is 2.71. The third kappa shape index (κ3) is 4.51. The van der Waals surface area contributed by atoms with Crippen molar-refractivity contribution in [2.45, 2.75) is 36.7 Å². The molecule has 0 bridgehead atoms. The second-order valence-electron chi connectivity index (χ2n) is 4.56. The summed E-state index contributed by atoms with van der Waals surface area (Å²) in [5.41, 5.74) is 0.960. The van der Waals surface area contributed by atoms with Crippen molar-refractivity contribution in [3.05, 3.63) is 29.6 Å². The Morgan fingerprint density at radius 1 is 1.53 bits per heavy atom. The standard InChI is InChI=1S/C14H18FNO2S/c1-18-13(17)7-8-19-14-10(3-2-4-12(14)15)9-16-11-5-6-11/h2-4,11,16H,5-9H2,1H3. The monoisotopic (exact) mass is 283 g/mol. The van der Waals surface area contributed by atoms with Crippen LogP contribution in [-0.2, 0) is 16.1 Å². The van der Waals surface area contributed by atoms with Crippen molar-refractivity contribution < 1.29 is 13.9 Å². The van der Waals surface area contributed by atoms with Crippen molar-refractivity contribution in [1.82, 2.24) is 5.32 Å². The van der Waals surface area contributed by atoms with Gasteiger partial charge in [-0.3, -0.25) is 4.79 Å². The number of carbonyl (C=O) groups excluding carboxylic acids is 1. The molecule has 0 atom stereocenters. The van der Waals surface area contributed by atoms with Crippen LogP contribution in [0.3, 0.4) is 0 Å². The van der Waals surface area contributed by atoms with E-state index in [1.54, 1.807) is 6.07 Å². The Balaban J connectivity index is 1.93. The van der Waals surface area contributed by atoms with Crippen LogP contribution in [0.1, 0.15) is 24.8 Å². The maximum atomic E-state index is 13.8. The third-order valence-corrected chi connectivity index (χ3v) is 4.14. The fourth-order valence-corrected chi connectivity index (χ4v) is 2.74. The molecular weight excluding hydrogens is 265 g/mol. The zero-order chi connectivity index (χ0) is 13.7. The highest BCUT2D eigenvalue weighted by Gasteiger charge is 2.21. The van der Waals surface area contributed by atoms with E-state index in [4.69, 9.17) is 0 Å². The van der Waals surface area contributed by atoms with Crippen LogP contribution < -0.4 is 5.32 Å². The van der Waals surface area contributed by atoms with Crippen molar-refractivity contribution in [3.8, 4) is 0 Å². The molecule has 0 radical (unpaired) electrons. The first kappa shape index (κ1) is 14.3. The van der Waals surface area contributed by atoms with E-state index in [0.29, 0.717) is 29.7 Å². The van der Waals surface area contributed by atoms with Crippen molar-refractivity contribution >= 4 is 17.7 Å². The molecule has 3 nitrogen and oxygen atoms in total. The number of hydrogen-bond donors (Lipinski definition) is 1. The first-order valence-corrected chi connectivity index (χ1v) is 7.39. The predicted octanol–water partition coefficient (Wildman–Crippen LogP) is 2.73. The number of carbonyl (C=O) groups is 1. The molecule has 5 heteroatoms. The summed E-state index contributed by atoms with van der Waals surface area (Å²) in [6, 6.07) is 5.71. The van der Waals surface area contributed by atoms with Gasteiger partial charge in [0.2, 0.25) is 0 Å². The van der Waals surface area contributed by atoms with Crippen LogP contribution in [0.15, 0.2) is 23.1 Å². The number of hydrogen-bond acceptors (Lipinski definition) is 4. The number of benzene rings is 1. The third-order valence-electron chi connectivity index (χ3n) is 2.99. The molecule has 0 aromatic heterocycles. The summed E-state index contributed by atoms with van der Waals surface area (Å²) in [5.74, 6) is 0.0516. The summed E-state index contributed by atoms with van der Waals surface area (Å²) < 4.78 is 18.4. The summed E-state index contributed by atoms with van der Waals surface area (Å²) in [6.45, 7) is 0.684. The average molecular weight is 283 g/mol. The lowest BCUT2D eigenvalue weighted by atomic mass is 10.2. The first-order valence-electron chi connectivity index (χ1n) is 6.41. The van der Waals surface area contributed by atoms with Gasteiger partial charge in [0.1, 0.15) is 5.82 Å². The maximum absolute atomic E-state index is 13.8. The average Bonchev–Trinajstić information content (AvgIpc) is 3.22. The van der Waals surface area contributed by atoms with E-state index in [0.717, 1.165) is 5.56 Å². The van der Waals surface area contributed by atoms with Crippen LogP contribution in [0, 0.1) is 5.82 Å². The minimum absolute atomic E-state index is 0.218. The van der Waals surface area contributed by atoms with E-state index in [1.807, 2.05) is 6.07 Å². The molecule has 1 aromatic carbocycles. The Morgan fingerprint density at radius 3 is 3.00 bits per heavy atom. The Kier molecular flexibility index (Phi) is 5.22. The summed E-state index contributed by atoms with van der Waals surface area (Å²) in [5, 5.41) is 3.38. The van der Waals surface area contributed by atoms with Gasteiger partial charge in [0, 0.05) is 23.2 Å². The van der Waals surface area contributed by atoms with Gasteiger partial charge in [-0.2, -0.15) is 0 Å². The van der Waals surface area contributed by atoms with Gasteiger partial charge in [-0.05, 0) is 24.5 Å². The molecule has 19 heavy (non-hydrogen) atoms. The molecular formula is C14H18FNO2S. The van der Waals surface area contributed by atoms with E-state index in [1.165, 1.54) is 37.8 Å². The van der Waals surface area contributed by atoms with Gasteiger partial charge in [-0.1, -0.05) is 12.1 Å². The largest absolute Gasteiger partial charge is 0.469 e. The molecule has 0 saturated heterocycles. The number of nitrogens with one attached hydrogen (secondary N) is 1. The van der Waals surface area contributed by atoms with Crippen molar-refractivity contribution in [1.29, 1.82) is 0 Å². The lowest BCUT2D eigenvalue weighted by Gasteiger charge is -2.10. The molecule has 2 rings (SSSR count). The molecule has 0 aliphatic heterocycles. The van der Waals surface area contributed by atoms with Crippen molar-refractivity contribution in [2.24, 2.45) is 0 Å². The Morgan fingerprint density at radius 2 is 2.32 bits per heavy atom. The highest BCUT2D eigenvalue weighted by Crippen LogP contribution is 2.28. The van der Waals surface area contributed by atoms with Crippen molar-refractivity contribution in [3.63, 3.8) is 0 Å². The number of rotatable bonds is 7. The van der Waals surface area contributed by atoms with Gasteiger partial charge >= 0.3 is 5.97 Å². The van der Waals surface area contributed by atoms with Gasteiger partial charge < -0.3 is 10.1 Å². The lowest BCUT2D eigenvalue weighted by Crippen LogP contribution is -2.16. The molecule has 1 saturated carbocycles. The van der Waals surface area contributed by atoms with Crippen LogP contribution in [0.25, 0.3) is 0 Å². The van der Waals surface area contributed by atoms with Gasteiger partial charge in [0.25, 0.3) is 0 Å². The first-order chi connectivity index (χ1) is 9.20. The number of ether oxygens (including phenoxy) is 1. The number of methoxy groups -OCH3 is 1. The van der Waals surface area contributed by atoms with E-state index >= 15 is 0 Å². The molecule has 104 valence electrons. The van der Waals surface area contributed by atoms with Crippen molar-refractivity contribution in [2.75, 3.05) is 12.9 Å². The van der Waals surface area contributed by atoms with E-state index in [2.05, 4.69) is 10.1 Å². The van der Waals surface area contributed by atoms with Crippen LogP contribution in [0.4, 0.5) is 4.39 Å². The molecule has 1 aliphatic rings. The number of esters is 1. The SMILES string of the molecule is COC(=O)CCSc1c(F)cccc1CNC1CC1. The minimum Gasteiger partial charge on any atom is -0.469 e. The quantitative estimate of drug-likeness (QED) is 0.617. The highest BCUT2D eigenvalue weighted by molar-refractivity contribution is 7.99. The molecule has 0 amide bonds. The highest BCUT2D eigenvalue weighted by atomic mass is 32.2. The molecule has 1 N–H and O–H groups in total. The lowest BCUT2D eigenvalue weighted by molar-refractivity contribution is -0.140. The van der Waals surface area contributed by atoms with Crippen LogP contribution in [0.2, 0.25) is 0 Å². The second kappa shape index (κ2) is 6.91. The molecule has 1 aliphatic carbocycles. The van der Waals surface area contributed by atoms with E-state index < -0.39 is 0 Å². The van der Waals surface area contributed by atoms with Crippen LogP contribution in [-0.4, -0.2) is 24.9 Å². The Hall–Kier alpha value is -1.07. The fourth-order valence-electron chi connectivity index (χ4n) is 1.73. The smallest absolute Gasteiger partial charge is 0.306 e. The molecule has 1 fully saturated rings. The zero-order valence-electron chi connectivity index (χ0n) is 10.9. The Bertz CT molecular complexity index is 449. The van der Waals surface area contributed by atoms with E-state index in [-0.39, 0.29) is 11.8 Å². The molecule has 1 aromatic rings. The predicted molar refractivity (Wildman–Crippen MR) is 73.6 cm³/mol. The molecule has 0 heterocycles. The van der Waals surface area contributed by atoms with E-state index in [9.17, 15) is 9.18 Å². The Labute approximate surface area is 116 Å². The summed E-state index contributed by atoms with van der Waals surface area (Å²) in [7, 11) is 1.36. The fraction of sp³-hybridized carbons (Fsp3) is 0.500. The van der Waals surface area contributed by atoms with Crippen LogP contribution >= 0.6 is 11.8 Å². The number of halogens is 1. The molecule has 0 unspecified atom stereocenters. The second-order valence-corrected chi connectivity index (χ2v) is 5.66. The molecule has 0 spiro atoms. The number of thioether (sulfide) groups is 1. The van der Waals surface area contributed by atoms with Gasteiger partial charge in [-0.15, -0.1) is 11.8 Å². The summed E-state index contributed by atoms with van der Waals surface area (Å²) in [4.78, 5) is 11.7.